The van der Waals surface area contributed by atoms with Crippen molar-refractivity contribution in [3.8, 4) is 0 Å². The van der Waals surface area contributed by atoms with Crippen molar-refractivity contribution in [2.24, 2.45) is 17.1 Å². The highest BCUT2D eigenvalue weighted by Crippen LogP contribution is 2.37. The quantitative estimate of drug-likeness (QED) is 0.747. The van der Waals surface area contributed by atoms with E-state index in [9.17, 15) is 0 Å². The van der Waals surface area contributed by atoms with Gasteiger partial charge in [0.25, 0.3) is 0 Å². The number of hydrogen-bond acceptors (Lipinski definition) is 2. The van der Waals surface area contributed by atoms with Crippen LogP contribution in [0.1, 0.15) is 51.9 Å². The Bertz CT molecular complexity index is 197. The average Bonchev–Trinajstić information content (AvgIpc) is 2.84. The first kappa shape index (κ1) is 11.4. The first-order valence-electron chi connectivity index (χ1n) is 6.67. The maximum atomic E-state index is 5.80. The van der Waals surface area contributed by atoms with E-state index < -0.39 is 0 Å². The molecule has 0 spiro atoms. The van der Waals surface area contributed by atoms with Crippen LogP contribution < -0.4 is 11.1 Å². The molecule has 15 heavy (non-hydrogen) atoms. The number of nitrogens with one attached hydrogen (secondary N) is 1. The van der Waals surface area contributed by atoms with Crippen molar-refractivity contribution in [3.05, 3.63) is 0 Å². The highest BCUT2D eigenvalue weighted by Gasteiger charge is 2.31. The molecule has 2 aliphatic rings. The second-order valence-electron chi connectivity index (χ2n) is 5.93. The van der Waals surface area contributed by atoms with Gasteiger partial charge in [-0.15, -0.1) is 0 Å². The Hall–Kier alpha value is -0.0800. The molecule has 2 heteroatoms. The Morgan fingerprint density at radius 1 is 1.20 bits per heavy atom. The summed E-state index contributed by atoms with van der Waals surface area (Å²) >= 11 is 0. The monoisotopic (exact) mass is 210 g/mol. The van der Waals surface area contributed by atoms with Gasteiger partial charge in [0.1, 0.15) is 0 Å². The van der Waals surface area contributed by atoms with Crippen molar-refractivity contribution < 1.29 is 0 Å². The van der Waals surface area contributed by atoms with E-state index in [2.05, 4.69) is 12.2 Å². The lowest BCUT2D eigenvalue weighted by Gasteiger charge is -2.28. The molecule has 0 aliphatic heterocycles. The molecule has 2 atom stereocenters. The molecular weight excluding hydrogens is 184 g/mol. The topological polar surface area (TPSA) is 38.0 Å². The van der Waals surface area contributed by atoms with Gasteiger partial charge < -0.3 is 11.1 Å². The summed E-state index contributed by atoms with van der Waals surface area (Å²) in [6, 6.07) is 0.715. The van der Waals surface area contributed by atoms with Crippen LogP contribution in [-0.4, -0.2) is 19.1 Å². The smallest absolute Gasteiger partial charge is 0.0108 e. The van der Waals surface area contributed by atoms with Gasteiger partial charge in [-0.2, -0.15) is 0 Å². The Balaban J connectivity index is 1.77. The van der Waals surface area contributed by atoms with E-state index in [1.807, 2.05) is 0 Å². The van der Waals surface area contributed by atoms with E-state index in [-0.39, 0.29) is 0 Å². The maximum absolute atomic E-state index is 5.80. The van der Waals surface area contributed by atoms with E-state index in [1.54, 1.807) is 0 Å². The van der Waals surface area contributed by atoms with E-state index >= 15 is 0 Å². The fraction of sp³-hybridized carbons (Fsp3) is 1.00. The third kappa shape index (κ3) is 2.73. The summed E-state index contributed by atoms with van der Waals surface area (Å²) < 4.78 is 0. The zero-order valence-corrected chi connectivity index (χ0v) is 10.1. The second-order valence-corrected chi connectivity index (χ2v) is 5.93. The summed E-state index contributed by atoms with van der Waals surface area (Å²) in [4.78, 5) is 0. The van der Waals surface area contributed by atoms with E-state index in [0.717, 1.165) is 12.5 Å². The fourth-order valence-corrected chi connectivity index (χ4v) is 3.37. The van der Waals surface area contributed by atoms with Crippen molar-refractivity contribution in [1.29, 1.82) is 0 Å². The fourth-order valence-electron chi connectivity index (χ4n) is 3.37. The van der Waals surface area contributed by atoms with Crippen LogP contribution in [0.25, 0.3) is 0 Å². The standard InChI is InChI=1S/C13H26N2/c1-13(7-2-3-8-13)10-15-12-6-4-5-11(12)9-14/h11-12,15H,2-10,14H2,1H3. The number of hydrogen-bond donors (Lipinski definition) is 2. The van der Waals surface area contributed by atoms with Gasteiger partial charge in [0, 0.05) is 12.6 Å². The molecule has 0 saturated heterocycles. The van der Waals surface area contributed by atoms with E-state index in [1.165, 1.54) is 51.5 Å². The minimum Gasteiger partial charge on any atom is -0.330 e. The first-order valence-corrected chi connectivity index (χ1v) is 6.67. The molecule has 0 amide bonds. The van der Waals surface area contributed by atoms with Crippen molar-refractivity contribution in [2.75, 3.05) is 13.1 Å². The molecule has 2 aliphatic carbocycles. The predicted octanol–water partition coefficient (Wildman–Crippen LogP) is 2.28. The van der Waals surface area contributed by atoms with Crippen molar-refractivity contribution in [1.82, 2.24) is 5.32 Å². The van der Waals surface area contributed by atoms with Crippen molar-refractivity contribution in [2.45, 2.75) is 57.9 Å². The molecule has 2 saturated carbocycles. The third-order valence-electron chi connectivity index (χ3n) is 4.56. The van der Waals surface area contributed by atoms with Crippen LogP contribution in [0.5, 0.6) is 0 Å². The first-order chi connectivity index (χ1) is 7.23. The van der Waals surface area contributed by atoms with Gasteiger partial charge in [-0.05, 0) is 43.6 Å². The predicted molar refractivity (Wildman–Crippen MR) is 64.8 cm³/mol. The maximum Gasteiger partial charge on any atom is 0.0108 e. The molecule has 3 N–H and O–H groups in total. The Labute approximate surface area is 94.0 Å². The lowest BCUT2D eigenvalue weighted by molar-refractivity contribution is 0.279. The van der Waals surface area contributed by atoms with Gasteiger partial charge in [0.05, 0.1) is 0 Å². The molecule has 2 unspecified atom stereocenters. The van der Waals surface area contributed by atoms with Gasteiger partial charge in [-0.1, -0.05) is 26.2 Å². The molecule has 0 radical (unpaired) electrons. The summed E-state index contributed by atoms with van der Waals surface area (Å²) in [7, 11) is 0. The molecule has 0 aromatic heterocycles. The van der Waals surface area contributed by atoms with Crippen LogP contribution in [0.3, 0.4) is 0 Å². The van der Waals surface area contributed by atoms with Crippen LogP contribution in [0, 0.1) is 11.3 Å². The van der Waals surface area contributed by atoms with Crippen LogP contribution in [0.4, 0.5) is 0 Å². The van der Waals surface area contributed by atoms with Crippen LogP contribution in [0.15, 0.2) is 0 Å². The molecule has 0 bridgehead atoms. The molecule has 2 nitrogen and oxygen atoms in total. The molecule has 2 fully saturated rings. The van der Waals surface area contributed by atoms with E-state index in [4.69, 9.17) is 5.73 Å². The molecule has 88 valence electrons. The molecular formula is C13H26N2. The summed E-state index contributed by atoms with van der Waals surface area (Å²) in [6.45, 7) is 4.53. The minimum absolute atomic E-state index is 0.585. The highest BCUT2D eigenvalue weighted by atomic mass is 14.9. The van der Waals surface area contributed by atoms with Crippen molar-refractivity contribution >= 4 is 0 Å². The van der Waals surface area contributed by atoms with Gasteiger partial charge in [0.2, 0.25) is 0 Å². The van der Waals surface area contributed by atoms with Crippen LogP contribution >= 0.6 is 0 Å². The summed E-state index contributed by atoms with van der Waals surface area (Å²) in [6.07, 6.45) is 9.76. The van der Waals surface area contributed by atoms with Gasteiger partial charge in [-0.25, -0.2) is 0 Å². The third-order valence-corrected chi connectivity index (χ3v) is 4.56. The normalized spacial score (nSPS) is 34.8. The van der Waals surface area contributed by atoms with Crippen LogP contribution in [0.2, 0.25) is 0 Å². The van der Waals surface area contributed by atoms with Crippen LogP contribution in [-0.2, 0) is 0 Å². The second kappa shape index (κ2) is 4.84. The molecule has 0 aromatic carbocycles. The Morgan fingerprint density at radius 3 is 2.60 bits per heavy atom. The highest BCUT2D eigenvalue weighted by molar-refractivity contribution is 4.88. The number of rotatable bonds is 4. The Kier molecular flexibility index (Phi) is 3.68. The molecule has 0 heterocycles. The number of nitrogens with two attached hydrogens (primary N) is 1. The average molecular weight is 210 g/mol. The lowest BCUT2D eigenvalue weighted by Crippen LogP contribution is -2.41. The minimum atomic E-state index is 0.585. The van der Waals surface area contributed by atoms with Crippen molar-refractivity contribution in [3.63, 3.8) is 0 Å². The SMILES string of the molecule is CC1(CNC2CCCC2CN)CCCC1. The summed E-state index contributed by atoms with van der Waals surface area (Å²) in [5, 5.41) is 3.79. The largest absolute Gasteiger partial charge is 0.330 e. The van der Waals surface area contributed by atoms with Gasteiger partial charge >= 0.3 is 0 Å². The zero-order valence-electron chi connectivity index (χ0n) is 10.1. The molecule has 2 rings (SSSR count). The summed E-state index contributed by atoms with van der Waals surface area (Å²) in [5.74, 6) is 0.745. The zero-order chi connectivity index (χ0) is 10.7. The Morgan fingerprint density at radius 2 is 1.93 bits per heavy atom. The lowest BCUT2D eigenvalue weighted by atomic mass is 9.88. The molecule has 0 aromatic rings. The van der Waals surface area contributed by atoms with Gasteiger partial charge in [0.15, 0.2) is 0 Å². The van der Waals surface area contributed by atoms with Gasteiger partial charge in [-0.3, -0.25) is 0 Å². The summed E-state index contributed by atoms with van der Waals surface area (Å²) in [5.41, 5.74) is 6.39. The van der Waals surface area contributed by atoms with E-state index in [0.29, 0.717) is 11.5 Å².